The van der Waals surface area contributed by atoms with E-state index in [1.165, 1.54) is 12.1 Å². The van der Waals surface area contributed by atoms with Crippen LogP contribution in [0.15, 0.2) is 66.0 Å². The summed E-state index contributed by atoms with van der Waals surface area (Å²) in [5, 5.41) is 10.2. The molecule has 0 saturated carbocycles. The lowest BCUT2D eigenvalue weighted by molar-refractivity contribution is 0.0951. The number of hydrazone groups is 1. The number of carbonyl (C=O) groups excluding carboxylic acids is 1. The molecular weight excluding hydrogens is 395 g/mol. The summed E-state index contributed by atoms with van der Waals surface area (Å²) in [7, 11) is 0. The van der Waals surface area contributed by atoms with E-state index in [2.05, 4.69) is 31.1 Å². The van der Waals surface area contributed by atoms with Crippen molar-refractivity contribution in [2.45, 2.75) is 18.9 Å². The lowest BCUT2D eigenvalue weighted by atomic mass is 10.1. The molecule has 158 valence electrons. The average molecular weight is 418 g/mol. The van der Waals surface area contributed by atoms with Crippen LogP contribution in [-0.2, 0) is 13.0 Å². The number of nitrogens with one attached hydrogen (secondary N) is 3. The molecule has 0 radical (unpaired) electrons. The van der Waals surface area contributed by atoms with Crippen molar-refractivity contribution >= 4 is 17.9 Å². The highest BCUT2D eigenvalue weighted by Gasteiger charge is 2.19. The molecule has 3 N–H and O–H groups in total. The molecule has 7 nitrogen and oxygen atoms in total. The zero-order valence-corrected chi connectivity index (χ0v) is 16.9. The van der Waals surface area contributed by atoms with E-state index < -0.39 is 0 Å². The summed E-state index contributed by atoms with van der Waals surface area (Å²) in [6, 6.07) is 13.8. The Kier molecular flexibility index (Phi) is 6.47. The smallest absolute Gasteiger partial charge is 0.255 e. The van der Waals surface area contributed by atoms with Crippen molar-refractivity contribution < 1.29 is 9.18 Å². The second-order valence-electron chi connectivity index (χ2n) is 7.23. The molecule has 0 bridgehead atoms. The number of rotatable bonds is 8. The van der Waals surface area contributed by atoms with Crippen LogP contribution < -0.4 is 16.1 Å². The first-order valence-corrected chi connectivity index (χ1v) is 10.1. The molecule has 1 amide bonds. The minimum Gasteiger partial charge on any atom is -0.369 e. The number of aromatic nitrogens is 2. The van der Waals surface area contributed by atoms with Gasteiger partial charge in [-0.2, -0.15) is 5.10 Å². The number of nitrogens with zero attached hydrogens (tertiary/aromatic N) is 3. The van der Waals surface area contributed by atoms with Gasteiger partial charge in [-0.15, -0.1) is 0 Å². The van der Waals surface area contributed by atoms with Crippen molar-refractivity contribution in [2.75, 3.05) is 18.4 Å². The molecule has 1 aliphatic heterocycles. The maximum atomic E-state index is 13.4. The molecule has 31 heavy (non-hydrogen) atoms. The summed E-state index contributed by atoms with van der Waals surface area (Å²) in [4.78, 5) is 21.6. The molecule has 3 aromatic rings. The Bertz CT molecular complexity index is 1070. The summed E-state index contributed by atoms with van der Waals surface area (Å²) in [6.07, 6.45) is 5.82. The van der Waals surface area contributed by atoms with Gasteiger partial charge in [0.2, 0.25) is 0 Å². The SMILES string of the molecule is O=C(NCc1cccnc1)c1ccc(C2C=NNC2)nc1NCCc1cccc(F)c1. The Labute approximate surface area is 179 Å². The van der Waals surface area contributed by atoms with Crippen LogP contribution in [0.1, 0.15) is 33.1 Å². The lowest BCUT2D eigenvalue weighted by Crippen LogP contribution is -2.25. The molecular formula is C23H23FN6O. The van der Waals surface area contributed by atoms with Crippen LogP contribution in [0.4, 0.5) is 10.2 Å². The summed E-state index contributed by atoms with van der Waals surface area (Å²) in [5.74, 6) is 0.0599. The van der Waals surface area contributed by atoms with Gasteiger partial charge in [0.25, 0.3) is 5.91 Å². The van der Waals surface area contributed by atoms with Crippen LogP contribution in [-0.4, -0.2) is 35.2 Å². The quantitative estimate of drug-likeness (QED) is 0.523. The highest BCUT2D eigenvalue weighted by atomic mass is 19.1. The second-order valence-corrected chi connectivity index (χ2v) is 7.23. The van der Waals surface area contributed by atoms with Crippen LogP contribution >= 0.6 is 0 Å². The summed E-state index contributed by atoms with van der Waals surface area (Å²) in [6.45, 7) is 1.55. The van der Waals surface area contributed by atoms with E-state index >= 15 is 0 Å². The number of amides is 1. The molecule has 1 aliphatic rings. The molecule has 1 aromatic carbocycles. The maximum absolute atomic E-state index is 13.4. The van der Waals surface area contributed by atoms with E-state index in [9.17, 15) is 9.18 Å². The number of hydrogen-bond donors (Lipinski definition) is 3. The van der Waals surface area contributed by atoms with Crippen LogP contribution in [0, 0.1) is 5.82 Å². The van der Waals surface area contributed by atoms with Gasteiger partial charge in [-0.3, -0.25) is 9.78 Å². The zero-order valence-electron chi connectivity index (χ0n) is 16.9. The van der Waals surface area contributed by atoms with Crippen molar-refractivity contribution in [1.82, 2.24) is 20.7 Å². The van der Waals surface area contributed by atoms with Gasteiger partial charge in [-0.1, -0.05) is 18.2 Å². The molecule has 0 fully saturated rings. The molecule has 1 unspecified atom stereocenters. The molecule has 3 heterocycles. The number of hydrogen-bond acceptors (Lipinski definition) is 6. The van der Waals surface area contributed by atoms with Gasteiger partial charge >= 0.3 is 0 Å². The van der Waals surface area contributed by atoms with Crippen molar-refractivity contribution in [2.24, 2.45) is 5.10 Å². The van der Waals surface area contributed by atoms with E-state index in [-0.39, 0.29) is 17.6 Å². The van der Waals surface area contributed by atoms with Crippen LogP contribution in [0.3, 0.4) is 0 Å². The van der Waals surface area contributed by atoms with Crippen molar-refractivity contribution in [3.05, 3.63) is 89.1 Å². The highest BCUT2D eigenvalue weighted by molar-refractivity contribution is 5.98. The molecule has 1 atom stereocenters. The van der Waals surface area contributed by atoms with Crippen molar-refractivity contribution in [3.8, 4) is 0 Å². The second kappa shape index (κ2) is 9.80. The Balaban J connectivity index is 1.48. The van der Waals surface area contributed by atoms with Crippen molar-refractivity contribution in [1.29, 1.82) is 0 Å². The van der Waals surface area contributed by atoms with Gasteiger partial charge in [0, 0.05) is 38.2 Å². The van der Waals surface area contributed by atoms with Crippen LogP contribution in [0.25, 0.3) is 0 Å². The third-order valence-electron chi connectivity index (χ3n) is 4.97. The van der Waals surface area contributed by atoms with E-state index in [0.29, 0.717) is 37.4 Å². The van der Waals surface area contributed by atoms with Gasteiger partial charge < -0.3 is 16.1 Å². The predicted molar refractivity (Wildman–Crippen MR) is 117 cm³/mol. The number of halogens is 1. The average Bonchev–Trinajstić information content (AvgIpc) is 3.33. The number of benzene rings is 1. The first-order valence-electron chi connectivity index (χ1n) is 10.1. The van der Waals surface area contributed by atoms with E-state index in [0.717, 1.165) is 16.8 Å². The predicted octanol–water partition coefficient (Wildman–Crippen LogP) is 2.87. The lowest BCUT2D eigenvalue weighted by Gasteiger charge is -2.15. The van der Waals surface area contributed by atoms with Gasteiger partial charge in [0.1, 0.15) is 11.6 Å². The van der Waals surface area contributed by atoms with Crippen LogP contribution in [0.5, 0.6) is 0 Å². The summed E-state index contributed by atoms with van der Waals surface area (Å²) in [5.41, 5.74) is 5.99. The third kappa shape index (κ3) is 5.42. The number of pyridine rings is 2. The minimum absolute atomic E-state index is 0.0521. The minimum atomic E-state index is -0.263. The van der Waals surface area contributed by atoms with Gasteiger partial charge in [0.15, 0.2) is 0 Å². The Morgan fingerprint density at radius 3 is 2.84 bits per heavy atom. The summed E-state index contributed by atoms with van der Waals surface area (Å²) >= 11 is 0. The Morgan fingerprint density at radius 1 is 1.16 bits per heavy atom. The fraction of sp³-hybridized carbons (Fsp3) is 0.217. The van der Waals surface area contributed by atoms with Crippen molar-refractivity contribution in [3.63, 3.8) is 0 Å². The highest BCUT2D eigenvalue weighted by Crippen LogP contribution is 2.20. The fourth-order valence-corrected chi connectivity index (χ4v) is 3.32. The maximum Gasteiger partial charge on any atom is 0.255 e. The molecule has 2 aromatic heterocycles. The standard InChI is InChI=1S/C23H23FN6O/c24-19-5-1-3-16(11-19)8-10-26-22-20(6-7-21(30-22)18-14-28-29-15-18)23(31)27-13-17-4-2-9-25-12-17/h1-7,9,11-12,14,18,29H,8,10,13,15H2,(H,26,30)(H,27,31). The molecule has 4 rings (SSSR count). The topological polar surface area (TPSA) is 91.3 Å². The number of carbonyl (C=O) groups is 1. The van der Waals surface area contributed by atoms with E-state index in [1.807, 2.05) is 24.3 Å². The summed E-state index contributed by atoms with van der Waals surface area (Å²) < 4.78 is 13.4. The molecule has 0 saturated heterocycles. The van der Waals surface area contributed by atoms with Gasteiger partial charge in [-0.05, 0) is 47.9 Å². The van der Waals surface area contributed by atoms with Gasteiger partial charge in [-0.25, -0.2) is 9.37 Å². The molecule has 8 heteroatoms. The molecule has 0 aliphatic carbocycles. The van der Waals surface area contributed by atoms with Gasteiger partial charge in [0.05, 0.1) is 17.2 Å². The molecule has 0 spiro atoms. The van der Waals surface area contributed by atoms with Crippen LogP contribution in [0.2, 0.25) is 0 Å². The Hall–Kier alpha value is -3.81. The fourth-order valence-electron chi connectivity index (χ4n) is 3.32. The normalized spacial score (nSPS) is 14.8. The largest absolute Gasteiger partial charge is 0.369 e. The van der Waals surface area contributed by atoms with E-state index in [1.54, 1.807) is 30.7 Å². The van der Waals surface area contributed by atoms with E-state index in [4.69, 9.17) is 0 Å². The third-order valence-corrected chi connectivity index (χ3v) is 4.97. The first kappa shape index (κ1) is 20.5. The first-order chi connectivity index (χ1) is 15.2. The number of anilines is 1. The zero-order chi connectivity index (χ0) is 21.5. The Morgan fingerprint density at radius 2 is 2.06 bits per heavy atom. The monoisotopic (exact) mass is 418 g/mol.